The Morgan fingerprint density at radius 3 is 2.53 bits per heavy atom. The van der Waals surface area contributed by atoms with Crippen LogP contribution in [0.3, 0.4) is 0 Å². The van der Waals surface area contributed by atoms with E-state index < -0.39 is 6.09 Å². The Morgan fingerprint density at radius 2 is 2.12 bits per heavy atom. The molecule has 0 saturated carbocycles. The van der Waals surface area contributed by atoms with Gasteiger partial charge in [0.05, 0.1) is 0 Å². The molecule has 1 amide bonds. The first-order chi connectivity index (χ1) is 7.68. The van der Waals surface area contributed by atoms with Crippen LogP contribution in [0.2, 0.25) is 0 Å². The van der Waals surface area contributed by atoms with Gasteiger partial charge in [-0.3, -0.25) is 0 Å². The van der Waals surface area contributed by atoms with Crippen LogP contribution in [0.4, 0.5) is 4.79 Å². The molecular formula is C12H23ClN2O2. The number of nitrogens with one attached hydrogen (secondary N) is 1. The van der Waals surface area contributed by atoms with E-state index in [1.807, 2.05) is 0 Å². The molecule has 2 fully saturated rings. The summed E-state index contributed by atoms with van der Waals surface area (Å²) in [6.45, 7) is 4.76. The minimum Gasteiger partial charge on any atom is -0.465 e. The van der Waals surface area contributed by atoms with Crippen LogP contribution in [-0.2, 0) is 0 Å². The molecule has 1 spiro atoms. The molecule has 2 heterocycles. The molecule has 0 aromatic rings. The van der Waals surface area contributed by atoms with E-state index in [9.17, 15) is 4.79 Å². The Balaban J connectivity index is 0.00000144. The monoisotopic (exact) mass is 262 g/mol. The Labute approximate surface area is 109 Å². The third kappa shape index (κ3) is 2.86. The predicted octanol–water partition coefficient (Wildman–Crippen LogP) is 2.33. The molecular weight excluding hydrogens is 240 g/mol. The molecule has 0 aromatic carbocycles. The minimum atomic E-state index is -0.757. The summed E-state index contributed by atoms with van der Waals surface area (Å²) in [6.07, 6.45) is 5.11. The van der Waals surface area contributed by atoms with Gasteiger partial charge in [0.25, 0.3) is 0 Å². The van der Waals surface area contributed by atoms with Crippen molar-refractivity contribution in [3.63, 3.8) is 0 Å². The predicted molar refractivity (Wildman–Crippen MR) is 69.8 cm³/mol. The van der Waals surface area contributed by atoms with E-state index in [0.29, 0.717) is 11.5 Å². The summed E-state index contributed by atoms with van der Waals surface area (Å²) in [5, 5.41) is 12.4. The maximum Gasteiger partial charge on any atom is 0.407 e. The lowest BCUT2D eigenvalue weighted by atomic mass is 9.65. The highest BCUT2D eigenvalue weighted by Crippen LogP contribution is 2.42. The Morgan fingerprint density at radius 1 is 1.47 bits per heavy atom. The van der Waals surface area contributed by atoms with Crippen molar-refractivity contribution in [2.24, 2.45) is 5.41 Å². The van der Waals surface area contributed by atoms with Gasteiger partial charge in [-0.25, -0.2) is 4.79 Å². The average molecular weight is 263 g/mol. The highest BCUT2D eigenvalue weighted by Gasteiger charge is 2.47. The normalized spacial score (nSPS) is 26.2. The van der Waals surface area contributed by atoms with Crippen LogP contribution in [-0.4, -0.2) is 41.8 Å². The fourth-order valence-corrected chi connectivity index (χ4v) is 3.02. The molecule has 17 heavy (non-hydrogen) atoms. The van der Waals surface area contributed by atoms with Gasteiger partial charge < -0.3 is 15.3 Å². The molecule has 1 atom stereocenters. The maximum absolute atomic E-state index is 10.8. The van der Waals surface area contributed by atoms with E-state index in [1.165, 1.54) is 19.3 Å². The van der Waals surface area contributed by atoms with Gasteiger partial charge in [-0.15, -0.1) is 12.4 Å². The molecule has 100 valence electrons. The van der Waals surface area contributed by atoms with Gasteiger partial charge in [0.15, 0.2) is 0 Å². The number of rotatable bonds is 3. The molecule has 5 heteroatoms. The van der Waals surface area contributed by atoms with E-state index in [4.69, 9.17) is 5.11 Å². The molecule has 0 radical (unpaired) electrons. The zero-order valence-electron chi connectivity index (χ0n) is 10.4. The van der Waals surface area contributed by atoms with Crippen molar-refractivity contribution in [3.05, 3.63) is 0 Å². The van der Waals surface area contributed by atoms with Gasteiger partial charge in [-0.2, -0.15) is 0 Å². The van der Waals surface area contributed by atoms with Crippen molar-refractivity contribution in [1.82, 2.24) is 10.2 Å². The van der Waals surface area contributed by atoms with Crippen molar-refractivity contribution >= 4 is 18.5 Å². The topological polar surface area (TPSA) is 52.6 Å². The number of piperidine rings is 1. The molecule has 0 aromatic heterocycles. The standard InChI is InChI=1S/C12H22N2O2.ClH/c1-2-3-4-10-12(9-13-10)5-7-14(8-6-12)11(15)16;/h10,13H,2-9H2,1H3,(H,15,16);1H. The Kier molecular flexibility index (Phi) is 5.07. The third-order valence-electron chi connectivity index (χ3n) is 4.32. The summed E-state index contributed by atoms with van der Waals surface area (Å²) in [4.78, 5) is 12.4. The average Bonchev–Trinajstić information content (AvgIpc) is 2.28. The molecule has 1 unspecified atom stereocenters. The number of hydrogen-bond donors (Lipinski definition) is 2. The molecule has 0 bridgehead atoms. The van der Waals surface area contributed by atoms with E-state index in [0.717, 1.165) is 32.5 Å². The zero-order chi connectivity index (χ0) is 11.6. The minimum absolute atomic E-state index is 0. The van der Waals surface area contributed by atoms with Crippen LogP contribution in [0, 0.1) is 5.41 Å². The lowest BCUT2D eigenvalue weighted by Crippen LogP contribution is -2.65. The lowest BCUT2D eigenvalue weighted by Gasteiger charge is -2.54. The highest BCUT2D eigenvalue weighted by molar-refractivity contribution is 5.85. The fraction of sp³-hybridized carbons (Fsp3) is 0.917. The number of carbonyl (C=O) groups is 1. The van der Waals surface area contributed by atoms with Gasteiger partial charge in [0.2, 0.25) is 0 Å². The van der Waals surface area contributed by atoms with E-state index in [-0.39, 0.29) is 12.4 Å². The Bertz CT molecular complexity index is 265. The summed E-state index contributed by atoms with van der Waals surface area (Å²) in [7, 11) is 0. The first-order valence-corrected chi connectivity index (χ1v) is 6.39. The number of likely N-dealkylation sites (tertiary alicyclic amines) is 1. The van der Waals surface area contributed by atoms with Gasteiger partial charge in [0, 0.05) is 31.1 Å². The van der Waals surface area contributed by atoms with Crippen molar-refractivity contribution in [2.75, 3.05) is 19.6 Å². The van der Waals surface area contributed by atoms with Crippen molar-refractivity contribution in [2.45, 2.75) is 45.1 Å². The number of unbranched alkanes of at least 4 members (excludes halogenated alkanes) is 1. The molecule has 2 aliphatic heterocycles. The van der Waals surface area contributed by atoms with Crippen LogP contribution in [0.25, 0.3) is 0 Å². The van der Waals surface area contributed by atoms with Crippen LogP contribution in [0.1, 0.15) is 39.0 Å². The van der Waals surface area contributed by atoms with Crippen molar-refractivity contribution in [1.29, 1.82) is 0 Å². The highest BCUT2D eigenvalue weighted by atomic mass is 35.5. The van der Waals surface area contributed by atoms with Crippen LogP contribution in [0.15, 0.2) is 0 Å². The second-order valence-corrected chi connectivity index (χ2v) is 5.21. The first kappa shape index (κ1) is 14.6. The second-order valence-electron chi connectivity index (χ2n) is 5.21. The molecule has 2 saturated heterocycles. The first-order valence-electron chi connectivity index (χ1n) is 6.39. The SMILES string of the molecule is CCCCC1NCC12CCN(C(=O)O)CC2.Cl. The number of carboxylic acid groups (broad SMARTS) is 1. The second kappa shape index (κ2) is 5.91. The fourth-order valence-electron chi connectivity index (χ4n) is 3.02. The molecule has 2 N–H and O–H groups in total. The van der Waals surface area contributed by atoms with Gasteiger partial charge in [-0.05, 0) is 19.3 Å². The molecule has 0 aliphatic carbocycles. The van der Waals surface area contributed by atoms with Gasteiger partial charge >= 0.3 is 6.09 Å². The molecule has 2 aliphatic rings. The van der Waals surface area contributed by atoms with Crippen LogP contribution >= 0.6 is 12.4 Å². The molecule has 4 nitrogen and oxygen atoms in total. The van der Waals surface area contributed by atoms with E-state index in [1.54, 1.807) is 4.90 Å². The summed E-state index contributed by atoms with van der Waals surface area (Å²) >= 11 is 0. The maximum atomic E-state index is 10.8. The largest absolute Gasteiger partial charge is 0.465 e. The summed E-state index contributed by atoms with van der Waals surface area (Å²) in [6, 6.07) is 0.642. The Hall–Kier alpha value is -0.480. The number of nitrogens with zero attached hydrogens (tertiary/aromatic N) is 1. The zero-order valence-corrected chi connectivity index (χ0v) is 11.3. The summed E-state index contributed by atoms with van der Waals surface area (Å²) in [5.41, 5.74) is 0.418. The third-order valence-corrected chi connectivity index (χ3v) is 4.32. The smallest absolute Gasteiger partial charge is 0.407 e. The van der Waals surface area contributed by atoms with E-state index >= 15 is 0 Å². The van der Waals surface area contributed by atoms with Crippen LogP contribution < -0.4 is 5.32 Å². The lowest BCUT2D eigenvalue weighted by molar-refractivity contribution is 0.00386. The van der Waals surface area contributed by atoms with Gasteiger partial charge in [-0.1, -0.05) is 19.8 Å². The molecule has 2 rings (SSSR count). The number of amides is 1. The quantitative estimate of drug-likeness (QED) is 0.821. The van der Waals surface area contributed by atoms with Gasteiger partial charge in [0.1, 0.15) is 0 Å². The number of hydrogen-bond acceptors (Lipinski definition) is 2. The summed E-state index contributed by atoms with van der Waals surface area (Å²) in [5.74, 6) is 0. The van der Waals surface area contributed by atoms with E-state index in [2.05, 4.69) is 12.2 Å². The number of halogens is 1. The van der Waals surface area contributed by atoms with Crippen molar-refractivity contribution in [3.8, 4) is 0 Å². The van der Waals surface area contributed by atoms with Crippen molar-refractivity contribution < 1.29 is 9.90 Å². The summed E-state index contributed by atoms with van der Waals surface area (Å²) < 4.78 is 0. The van der Waals surface area contributed by atoms with Crippen LogP contribution in [0.5, 0.6) is 0 Å².